The van der Waals surface area contributed by atoms with Gasteiger partial charge in [0, 0.05) is 26.2 Å². The maximum Gasteiger partial charge on any atom is 0.274 e. The number of rotatable bonds is 2. The summed E-state index contributed by atoms with van der Waals surface area (Å²) in [7, 11) is 0. The molecule has 0 radical (unpaired) electrons. The highest BCUT2D eigenvalue weighted by molar-refractivity contribution is 7.13. The first-order valence-electron chi connectivity index (χ1n) is 5.94. The standard InChI is InChI=1S/C12H14N4OS.ClH/c17-12(16-5-3-13-4-6-16)10-8-9(14-15-10)11-2-1-7-18-11;/h1-2,7-8,13H,3-6H2,(H,14,15);1H. The number of aromatic amines is 1. The lowest BCUT2D eigenvalue weighted by atomic mass is 10.2. The number of thiophene rings is 1. The number of hydrogen-bond donors (Lipinski definition) is 2. The first kappa shape index (κ1) is 14.0. The smallest absolute Gasteiger partial charge is 0.274 e. The topological polar surface area (TPSA) is 61.0 Å². The number of H-pyrrole nitrogens is 1. The van der Waals surface area contributed by atoms with Gasteiger partial charge in [-0.1, -0.05) is 6.07 Å². The highest BCUT2D eigenvalue weighted by Gasteiger charge is 2.20. The lowest BCUT2D eigenvalue weighted by Crippen LogP contribution is -2.46. The summed E-state index contributed by atoms with van der Waals surface area (Å²) >= 11 is 1.63. The van der Waals surface area contributed by atoms with Crippen molar-refractivity contribution in [2.45, 2.75) is 0 Å². The summed E-state index contributed by atoms with van der Waals surface area (Å²) in [5, 5.41) is 12.3. The molecule has 19 heavy (non-hydrogen) atoms. The van der Waals surface area contributed by atoms with Gasteiger partial charge in [-0.25, -0.2) is 0 Å². The van der Waals surface area contributed by atoms with Gasteiger partial charge in [0.25, 0.3) is 5.91 Å². The fraction of sp³-hybridized carbons (Fsp3) is 0.333. The van der Waals surface area contributed by atoms with E-state index in [9.17, 15) is 4.79 Å². The number of amides is 1. The van der Waals surface area contributed by atoms with Gasteiger partial charge < -0.3 is 10.2 Å². The van der Waals surface area contributed by atoms with Crippen LogP contribution in [0.2, 0.25) is 0 Å². The number of halogens is 1. The molecular weight excluding hydrogens is 284 g/mol. The molecule has 5 nitrogen and oxygen atoms in total. The van der Waals surface area contributed by atoms with Gasteiger partial charge in [-0.05, 0) is 17.5 Å². The van der Waals surface area contributed by atoms with Crippen molar-refractivity contribution in [3.63, 3.8) is 0 Å². The fourth-order valence-electron chi connectivity index (χ4n) is 2.02. The maximum atomic E-state index is 12.2. The van der Waals surface area contributed by atoms with E-state index >= 15 is 0 Å². The Morgan fingerprint density at radius 2 is 2.16 bits per heavy atom. The molecule has 0 spiro atoms. The highest BCUT2D eigenvalue weighted by Crippen LogP contribution is 2.23. The molecule has 7 heteroatoms. The lowest BCUT2D eigenvalue weighted by molar-refractivity contribution is 0.0730. The summed E-state index contributed by atoms with van der Waals surface area (Å²) in [5.74, 6) is 0.00977. The monoisotopic (exact) mass is 298 g/mol. The molecule has 3 rings (SSSR count). The third kappa shape index (κ3) is 2.97. The summed E-state index contributed by atoms with van der Waals surface area (Å²) in [6.07, 6.45) is 0. The molecule has 102 valence electrons. The summed E-state index contributed by atoms with van der Waals surface area (Å²) in [5.41, 5.74) is 1.41. The number of aromatic nitrogens is 2. The van der Waals surface area contributed by atoms with E-state index in [-0.39, 0.29) is 18.3 Å². The highest BCUT2D eigenvalue weighted by atomic mass is 35.5. The number of nitrogens with one attached hydrogen (secondary N) is 2. The fourth-order valence-corrected chi connectivity index (χ4v) is 2.71. The number of nitrogens with zero attached hydrogens (tertiary/aromatic N) is 2. The van der Waals surface area contributed by atoms with E-state index < -0.39 is 0 Å². The van der Waals surface area contributed by atoms with Crippen LogP contribution >= 0.6 is 23.7 Å². The van der Waals surface area contributed by atoms with E-state index in [1.807, 2.05) is 28.5 Å². The zero-order valence-electron chi connectivity index (χ0n) is 10.3. The minimum absolute atomic E-state index is 0. The van der Waals surface area contributed by atoms with Crippen LogP contribution in [0.25, 0.3) is 10.6 Å². The van der Waals surface area contributed by atoms with Crippen LogP contribution in [0.3, 0.4) is 0 Å². The van der Waals surface area contributed by atoms with E-state index in [0.29, 0.717) is 5.69 Å². The first-order valence-corrected chi connectivity index (χ1v) is 6.82. The van der Waals surface area contributed by atoms with E-state index in [0.717, 1.165) is 36.8 Å². The van der Waals surface area contributed by atoms with Crippen molar-refractivity contribution in [1.29, 1.82) is 0 Å². The second-order valence-electron chi connectivity index (χ2n) is 4.19. The Labute approximate surface area is 121 Å². The number of piperazine rings is 1. The van der Waals surface area contributed by atoms with E-state index in [1.54, 1.807) is 11.3 Å². The summed E-state index contributed by atoms with van der Waals surface area (Å²) in [6, 6.07) is 5.83. The van der Waals surface area contributed by atoms with Crippen LogP contribution in [0.15, 0.2) is 23.6 Å². The zero-order valence-corrected chi connectivity index (χ0v) is 11.9. The van der Waals surface area contributed by atoms with Gasteiger partial charge in [-0.2, -0.15) is 5.10 Å². The molecule has 1 saturated heterocycles. The number of carbonyl (C=O) groups excluding carboxylic acids is 1. The lowest BCUT2D eigenvalue weighted by Gasteiger charge is -2.26. The Hall–Kier alpha value is -1.37. The Morgan fingerprint density at radius 1 is 1.37 bits per heavy atom. The quantitative estimate of drug-likeness (QED) is 0.885. The second-order valence-corrected chi connectivity index (χ2v) is 5.13. The van der Waals surface area contributed by atoms with E-state index in [2.05, 4.69) is 15.5 Å². The van der Waals surface area contributed by atoms with Crippen LogP contribution in [0.1, 0.15) is 10.5 Å². The van der Waals surface area contributed by atoms with Crippen LogP contribution in [-0.4, -0.2) is 47.2 Å². The van der Waals surface area contributed by atoms with Crippen molar-refractivity contribution in [3.05, 3.63) is 29.3 Å². The number of hydrogen-bond acceptors (Lipinski definition) is 4. The molecule has 1 fully saturated rings. The average Bonchev–Trinajstić information content (AvgIpc) is 3.09. The Morgan fingerprint density at radius 3 is 2.84 bits per heavy atom. The van der Waals surface area contributed by atoms with Crippen LogP contribution < -0.4 is 5.32 Å². The molecule has 0 atom stereocenters. The third-order valence-electron chi connectivity index (χ3n) is 2.99. The molecule has 1 amide bonds. The molecule has 0 unspecified atom stereocenters. The molecule has 0 bridgehead atoms. The Kier molecular flexibility index (Phi) is 4.57. The van der Waals surface area contributed by atoms with Gasteiger partial charge in [0.05, 0.1) is 10.6 Å². The minimum atomic E-state index is 0. The van der Waals surface area contributed by atoms with Crippen molar-refractivity contribution >= 4 is 29.7 Å². The molecule has 2 N–H and O–H groups in total. The van der Waals surface area contributed by atoms with Crippen LogP contribution in [0.4, 0.5) is 0 Å². The molecule has 3 heterocycles. The Bertz CT molecular complexity index is 534. The molecular formula is C12H15ClN4OS. The van der Waals surface area contributed by atoms with Crippen molar-refractivity contribution in [2.75, 3.05) is 26.2 Å². The van der Waals surface area contributed by atoms with Gasteiger partial charge in [0.2, 0.25) is 0 Å². The molecule has 0 aromatic carbocycles. The molecule has 0 saturated carbocycles. The predicted octanol–water partition coefficient (Wildman–Crippen LogP) is 1.61. The largest absolute Gasteiger partial charge is 0.335 e. The molecule has 0 aliphatic carbocycles. The van der Waals surface area contributed by atoms with Gasteiger partial charge in [0.15, 0.2) is 5.69 Å². The Balaban J connectivity index is 0.00000133. The average molecular weight is 299 g/mol. The predicted molar refractivity (Wildman–Crippen MR) is 77.9 cm³/mol. The van der Waals surface area contributed by atoms with Gasteiger partial charge in [-0.3, -0.25) is 9.89 Å². The van der Waals surface area contributed by atoms with Gasteiger partial charge in [-0.15, -0.1) is 23.7 Å². The molecule has 1 aliphatic rings. The summed E-state index contributed by atoms with van der Waals surface area (Å²) in [6.45, 7) is 3.21. The van der Waals surface area contributed by atoms with Gasteiger partial charge >= 0.3 is 0 Å². The van der Waals surface area contributed by atoms with Crippen molar-refractivity contribution < 1.29 is 4.79 Å². The van der Waals surface area contributed by atoms with Crippen molar-refractivity contribution in [1.82, 2.24) is 20.4 Å². The van der Waals surface area contributed by atoms with E-state index in [1.165, 1.54) is 0 Å². The molecule has 1 aliphatic heterocycles. The van der Waals surface area contributed by atoms with Crippen LogP contribution in [0.5, 0.6) is 0 Å². The first-order chi connectivity index (χ1) is 8.84. The minimum Gasteiger partial charge on any atom is -0.335 e. The summed E-state index contributed by atoms with van der Waals surface area (Å²) in [4.78, 5) is 15.1. The molecule has 2 aromatic rings. The van der Waals surface area contributed by atoms with Gasteiger partial charge in [0.1, 0.15) is 0 Å². The second kappa shape index (κ2) is 6.18. The number of carbonyl (C=O) groups is 1. The van der Waals surface area contributed by atoms with E-state index in [4.69, 9.17) is 0 Å². The normalized spacial score (nSPS) is 15.1. The van der Waals surface area contributed by atoms with Crippen LogP contribution in [0, 0.1) is 0 Å². The third-order valence-corrected chi connectivity index (χ3v) is 3.89. The SMILES string of the molecule is Cl.O=C(c1cc(-c2cccs2)[nH]n1)N1CCNCC1. The zero-order chi connectivity index (χ0) is 12.4. The molecule has 2 aromatic heterocycles. The van der Waals surface area contributed by atoms with Crippen molar-refractivity contribution in [2.24, 2.45) is 0 Å². The summed E-state index contributed by atoms with van der Waals surface area (Å²) < 4.78 is 0. The van der Waals surface area contributed by atoms with Crippen molar-refractivity contribution in [3.8, 4) is 10.6 Å². The van der Waals surface area contributed by atoms with Crippen LogP contribution in [-0.2, 0) is 0 Å². The maximum absolute atomic E-state index is 12.2.